The molecule has 0 nitrogen and oxygen atoms in total. The van der Waals surface area contributed by atoms with Crippen molar-refractivity contribution in [2.24, 2.45) is 0 Å². The molecule has 2 heteroatoms. The number of hydrogen-bond acceptors (Lipinski definition) is 1. The zero-order valence-electron chi connectivity index (χ0n) is 10.3. The summed E-state index contributed by atoms with van der Waals surface area (Å²) < 4.78 is 0. The van der Waals surface area contributed by atoms with Crippen molar-refractivity contribution in [3.05, 3.63) is 35.4 Å². The second-order valence-electron chi connectivity index (χ2n) is 5.35. The summed E-state index contributed by atoms with van der Waals surface area (Å²) in [7, 11) is -0.825. The molecule has 15 heavy (non-hydrogen) atoms. The van der Waals surface area contributed by atoms with Crippen molar-refractivity contribution in [3.63, 3.8) is 0 Å². The number of thioether (sulfide) groups is 1. The van der Waals surface area contributed by atoms with Gasteiger partial charge in [0.2, 0.25) is 0 Å². The molecule has 0 aliphatic heterocycles. The van der Waals surface area contributed by atoms with E-state index in [-0.39, 0.29) is 0 Å². The van der Waals surface area contributed by atoms with Crippen molar-refractivity contribution in [2.75, 3.05) is 5.75 Å². The van der Waals surface area contributed by atoms with Gasteiger partial charge in [0, 0.05) is 13.8 Å². The highest BCUT2D eigenvalue weighted by atomic mass is 32.2. The standard InChI is InChI=1S/C13H22SSi/c1-12-5-7-13(8-6-12)11-14-9-10-15(2,3)4/h5-8H,9-11H2,1-4H3. The Labute approximate surface area is 99.5 Å². The summed E-state index contributed by atoms with van der Waals surface area (Å²) in [6, 6.07) is 10.3. The molecular formula is C13H22SSi. The first-order valence-corrected chi connectivity index (χ1v) is 10.5. The molecule has 0 bridgehead atoms. The van der Waals surface area contributed by atoms with Crippen LogP contribution in [0.5, 0.6) is 0 Å². The third-order valence-electron chi connectivity index (χ3n) is 2.39. The maximum atomic E-state index is 2.44. The Hall–Kier alpha value is -0.213. The van der Waals surface area contributed by atoms with Gasteiger partial charge in [0.15, 0.2) is 0 Å². The zero-order chi connectivity index (χ0) is 11.3. The van der Waals surface area contributed by atoms with Crippen molar-refractivity contribution in [3.8, 4) is 0 Å². The monoisotopic (exact) mass is 238 g/mol. The Morgan fingerprint density at radius 3 is 2.20 bits per heavy atom. The van der Waals surface area contributed by atoms with Gasteiger partial charge in [-0.05, 0) is 24.3 Å². The summed E-state index contributed by atoms with van der Waals surface area (Å²) in [5, 5.41) is 0. The molecule has 0 N–H and O–H groups in total. The van der Waals surface area contributed by atoms with E-state index in [1.54, 1.807) is 0 Å². The lowest BCUT2D eigenvalue weighted by molar-refractivity contribution is 1.33. The zero-order valence-corrected chi connectivity index (χ0v) is 12.2. The molecule has 0 amide bonds. The quantitative estimate of drug-likeness (QED) is 0.535. The highest BCUT2D eigenvalue weighted by Gasteiger charge is 2.11. The summed E-state index contributed by atoms with van der Waals surface area (Å²) >= 11 is 2.07. The first-order chi connectivity index (χ1) is 6.97. The van der Waals surface area contributed by atoms with Crippen molar-refractivity contribution >= 4 is 19.8 Å². The summed E-state index contributed by atoms with van der Waals surface area (Å²) in [5.74, 6) is 2.49. The van der Waals surface area contributed by atoms with E-state index in [9.17, 15) is 0 Å². The second-order valence-corrected chi connectivity index (χ2v) is 12.1. The van der Waals surface area contributed by atoms with Crippen LogP contribution in [-0.2, 0) is 5.75 Å². The highest BCUT2D eigenvalue weighted by molar-refractivity contribution is 7.98. The Morgan fingerprint density at radius 2 is 1.67 bits per heavy atom. The molecule has 1 aromatic rings. The van der Waals surface area contributed by atoms with E-state index in [0.29, 0.717) is 0 Å². The molecule has 0 saturated carbocycles. The minimum absolute atomic E-state index is 0.825. The number of hydrogen-bond donors (Lipinski definition) is 0. The number of rotatable bonds is 5. The number of benzene rings is 1. The largest absolute Gasteiger partial charge is 0.158 e. The van der Waals surface area contributed by atoms with Gasteiger partial charge in [-0.3, -0.25) is 0 Å². The van der Waals surface area contributed by atoms with E-state index in [1.165, 1.54) is 28.7 Å². The topological polar surface area (TPSA) is 0 Å². The molecule has 0 heterocycles. The van der Waals surface area contributed by atoms with Gasteiger partial charge in [-0.25, -0.2) is 0 Å². The lowest BCUT2D eigenvalue weighted by atomic mass is 10.2. The van der Waals surface area contributed by atoms with Gasteiger partial charge in [0.1, 0.15) is 0 Å². The van der Waals surface area contributed by atoms with Gasteiger partial charge in [-0.15, -0.1) is 0 Å². The Bertz CT molecular complexity index is 284. The van der Waals surface area contributed by atoms with E-state index in [0.717, 1.165) is 0 Å². The van der Waals surface area contributed by atoms with Crippen LogP contribution in [0.2, 0.25) is 25.7 Å². The van der Waals surface area contributed by atoms with Gasteiger partial charge < -0.3 is 0 Å². The molecular weight excluding hydrogens is 216 g/mol. The predicted molar refractivity (Wildman–Crippen MR) is 75.5 cm³/mol. The molecule has 1 rings (SSSR count). The average molecular weight is 238 g/mol. The third-order valence-corrected chi connectivity index (χ3v) is 5.53. The second kappa shape index (κ2) is 5.76. The van der Waals surface area contributed by atoms with Gasteiger partial charge >= 0.3 is 0 Å². The van der Waals surface area contributed by atoms with Gasteiger partial charge in [0.05, 0.1) is 0 Å². The molecule has 0 aliphatic carbocycles. The Morgan fingerprint density at radius 1 is 1.07 bits per heavy atom. The molecule has 0 aromatic heterocycles. The van der Waals surface area contributed by atoms with Crippen LogP contribution in [0, 0.1) is 6.92 Å². The molecule has 0 unspecified atom stereocenters. The predicted octanol–water partition coefficient (Wildman–Crippen LogP) is 4.57. The SMILES string of the molecule is Cc1ccc(CSCC[Si](C)(C)C)cc1. The van der Waals surface area contributed by atoms with Gasteiger partial charge in [-0.2, -0.15) is 11.8 Å². The third kappa shape index (κ3) is 6.05. The molecule has 0 fully saturated rings. The van der Waals surface area contributed by atoms with Gasteiger partial charge in [-0.1, -0.05) is 49.5 Å². The Kier molecular flexibility index (Phi) is 4.93. The van der Waals surface area contributed by atoms with Crippen LogP contribution >= 0.6 is 11.8 Å². The van der Waals surface area contributed by atoms with Crippen molar-refractivity contribution in [1.82, 2.24) is 0 Å². The summed E-state index contributed by atoms with van der Waals surface area (Å²) in [5.41, 5.74) is 2.81. The molecule has 1 aromatic carbocycles. The van der Waals surface area contributed by atoms with Crippen LogP contribution < -0.4 is 0 Å². The van der Waals surface area contributed by atoms with E-state index in [1.807, 2.05) is 0 Å². The van der Waals surface area contributed by atoms with E-state index in [4.69, 9.17) is 0 Å². The maximum Gasteiger partial charge on any atom is 0.0450 e. The molecule has 0 spiro atoms. The molecule has 0 saturated heterocycles. The minimum Gasteiger partial charge on any atom is -0.158 e. The number of aryl methyl sites for hydroxylation is 1. The fraction of sp³-hybridized carbons (Fsp3) is 0.538. The fourth-order valence-electron chi connectivity index (χ4n) is 1.25. The molecule has 84 valence electrons. The van der Waals surface area contributed by atoms with Crippen LogP contribution in [0.15, 0.2) is 24.3 Å². The van der Waals surface area contributed by atoms with Crippen LogP contribution in [0.4, 0.5) is 0 Å². The summed E-state index contributed by atoms with van der Waals surface area (Å²) in [4.78, 5) is 0. The lowest BCUT2D eigenvalue weighted by Gasteiger charge is -2.14. The summed E-state index contributed by atoms with van der Waals surface area (Å²) in [6.07, 6.45) is 0. The van der Waals surface area contributed by atoms with E-state index in [2.05, 4.69) is 62.6 Å². The van der Waals surface area contributed by atoms with Crippen LogP contribution in [0.3, 0.4) is 0 Å². The first-order valence-electron chi connectivity index (χ1n) is 5.61. The van der Waals surface area contributed by atoms with Crippen LogP contribution in [0.25, 0.3) is 0 Å². The van der Waals surface area contributed by atoms with Crippen molar-refractivity contribution < 1.29 is 0 Å². The van der Waals surface area contributed by atoms with Crippen molar-refractivity contribution in [2.45, 2.75) is 38.4 Å². The average Bonchev–Trinajstić information content (AvgIpc) is 2.14. The maximum absolute atomic E-state index is 2.44. The molecule has 0 aliphatic rings. The van der Waals surface area contributed by atoms with Crippen LogP contribution in [0.1, 0.15) is 11.1 Å². The van der Waals surface area contributed by atoms with E-state index >= 15 is 0 Å². The van der Waals surface area contributed by atoms with Crippen molar-refractivity contribution in [1.29, 1.82) is 0 Å². The lowest BCUT2D eigenvalue weighted by Crippen LogP contribution is -2.19. The molecule has 0 radical (unpaired) electrons. The van der Waals surface area contributed by atoms with Gasteiger partial charge in [0.25, 0.3) is 0 Å². The van der Waals surface area contributed by atoms with Crippen LogP contribution in [-0.4, -0.2) is 13.8 Å². The first kappa shape index (κ1) is 12.9. The normalized spacial score (nSPS) is 11.7. The molecule has 0 atom stereocenters. The van der Waals surface area contributed by atoms with E-state index < -0.39 is 8.07 Å². The highest BCUT2D eigenvalue weighted by Crippen LogP contribution is 2.18. The fourth-order valence-corrected chi connectivity index (χ4v) is 4.85. The minimum atomic E-state index is -0.825. The summed E-state index contributed by atoms with van der Waals surface area (Å²) in [6.45, 7) is 9.47. The smallest absolute Gasteiger partial charge is 0.0450 e. The Balaban J connectivity index is 2.23.